The zero-order chi connectivity index (χ0) is 10.6. The molecular weight excluding hydrogens is 198 g/mol. The van der Waals surface area contributed by atoms with Crippen molar-refractivity contribution in [2.45, 2.75) is 20.4 Å². The molecule has 0 bridgehead atoms. The number of nitrogens with two attached hydrogens (primary N) is 1. The van der Waals surface area contributed by atoms with E-state index in [-0.39, 0.29) is 0 Å². The van der Waals surface area contributed by atoms with Crippen molar-refractivity contribution in [3.63, 3.8) is 0 Å². The molecule has 78 valence electrons. The van der Waals surface area contributed by atoms with Crippen LogP contribution < -0.4 is 5.73 Å². The summed E-state index contributed by atoms with van der Waals surface area (Å²) in [6.07, 6.45) is 0. The van der Waals surface area contributed by atoms with Crippen LogP contribution in [0.4, 0.5) is 5.82 Å². The van der Waals surface area contributed by atoms with Crippen LogP contribution in [0.1, 0.15) is 19.5 Å². The van der Waals surface area contributed by atoms with Gasteiger partial charge in [-0.25, -0.2) is 4.98 Å². The van der Waals surface area contributed by atoms with Crippen LogP contribution in [0.15, 0.2) is 12.1 Å². The van der Waals surface area contributed by atoms with E-state index in [0.717, 1.165) is 25.3 Å². The zero-order valence-corrected chi connectivity index (χ0v) is 9.38. The zero-order valence-electron chi connectivity index (χ0n) is 8.63. The minimum atomic E-state index is 0.525. The monoisotopic (exact) mass is 213 g/mol. The molecule has 1 aromatic heterocycles. The maximum absolute atomic E-state index is 6.01. The molecule has 3 nitrogen and oxygen atoms in total. The van der Waals surface area contributed by atoms with Gasteiger partial charge in [0.25, 0.3) is 0 Å². The fourth-order valence-corrected chi connectivity index (χ4v) is 1.44. The number of hydrogen-bond donors (Lipinski definition) is 1. The van der Waals surface area contributed by atoms with Crippen molar-refractivity contribution in [3.8, 4) is 0 Å². The molecule has 2 N–H and O–H groups in total. The molecule has 0 radical (unpaired) electrons. The summed E-state index contributed by atoms with van der Waals surface area (Å²) in [4.78, 5) is 6.46. The first-order chi connectivity index (χ1) is 6.67. The number of rotatable bonds is 4. The summed E-state index contributed by atoms with van der Waals surface area (Å²) in [5, 5.41) is 0.686. The Labute approximate surface area is 89.9 Å². The molecule has 4 heteroatoms. The summed E-state index contributed by atoms with van der Waals surface area (Å²) < 4.78 is 0. The normalized spacial score (nSPS) is 10.9. The lowest BCUT2D eigenvalue weighted by molar-refractivity contribution is 0.292. The van der Waals surface area contributed by atoms with E-state index in [4.69, 9.17) is 17.3 Å². The highest BCUT2D eigenvalue weighted by atomic mass is 35.5. The number of nitrogens with zero attached hydrogens (tertiary/aromatic N) is 2. The third-order valence-corrected chi connectivity index (χ3v) is 2.55. The number of halogens is 1. The summed E-state index contributed by atoms with van der Waals surface area (Å²) >= 11 is 6.01. The molecule has 0 atom stereocenters. The van der Waals surface area contributed by atoms with Crippen LogP contribution in [-0.4, -0.2) is 23.0 Å². The third-order valence-electron chi connectivity index (χ3n) is 2.21. The van der Waals surface area contributed by atoms with E-state index in [1.54, 1.807) is 12.1 Å². The molecule has 0 aromatic carbocycles. The highest BCUT2D eigenvalue weighted by molar-refractivity contribution is 6.31. The molecular formula is C10H16ClN3. The molecule has 1 aromatic rings. The lowest BCUT2D eigenvalue weighted by Gasteiger charge is -2.18. The summed E-state index contributed by atoms with van der Waals surface area (Å²) in [7, 11) is 0. The lowest BCUT2D eigenvalue weighted by Crippen LogP contribution is -2.23. The molecule has 14 heavy (non-hydrogen) atoms. The van der Waals surface area contributed by atoms with Gasteiger partial charge in [-0.15, -0.1) is 0 Å². The van der Waals surface area contributed by atoms with Crippen LogP contribution in [0.2, 0.25) is 5.02 Å². The predicted octanol–water partition coefficient (Wildman–Crippen LogP) is 2.16. The van der Waals surface area contributed by atoms with Crippen molar-refractivity contribution < 1.29 is 0 Å². The summed E-state index contributed by atoms with van der Waals surface area (Å²) in [5.74, 6) is 0.525. The van der Waals surface area contributed by atoms with E-state index in [9.17, 15) is 0 Å². The Balaban J connectivity index is 2.79. The topological polar surface area (TPSA) is 42.2 Å². The number of nitrogen functional groups attached to an aromatic ring is 1. The van der Waals surface area contributed by atoms with Gasteiger partial charge in [0.2, 0.25) is 0 Å². The van der Waals surface area contributed by atoms with Gasteiger partial charge in [-0.2, -0.15) is 0 Å². The van der Waals surface area contributed by atoms with E-state index >= 15 is 0 Å². The second kappa shape index (κ2) is 5.17. The molecule has 0 saturated heterocycles. The van der Waals surface area contributed by atoms with Gasteiger partial charge in [0.1, 0.15) is 5.82 Å². The van der Waals surface area contributed by atoms with Crippen molar-refractivity contribution in [3.05, 3.63) is 22.8 Å². The SMILES string of the molecule is CCN(CC)Cc1nc(N)ccc1Cl. The van der Waals surface area contributed by atoms with Gasteiger partial charge in [0.15, 0.2) is 0 Å². The van der Waals surface area contributed by atoms with Gasteiger partial charge >= 0.3 is 0 Å². The standard InChI is InChI=1S/C10H16ClN3/c1-3-14(4-2)7-9-8(11)5-6-10(12)13-9/h5-6H,3-4,7H2,1-2H3,(H2,12,13). The Bertz CT molecular complexity index is 297. The Morgan fingerprint density at radius 1 is 1.36 bits per heavy atom. The van der Waals surface area contributed by atoms with Crippen molar-refractivity contribution in [1.29, 1.82) is 0 Å². The van der Waals surface area contributed by atoms with E-state index < -0.39 is 0 Å². The quantitative estimate of drug-likeness (QED) is 0.834. The molecule has 0 fully saturated rings. The fourth-order valence-electron chi connectivity index (χ4n) is 1.27. The smallest absolute Gasteiger partial charge is 0.123 e. The minimum Gasteiger partial charge on any atom is -0.384 e. The Kier molecular flexibility index (Phi) is 4.17. The van der Waals surface area contributed by atoms with Gasteiger partial charge < -0.3 is 5.73 Å². The first-order valence-electron chi connectivity index (χ1n) is 4.80. The molecule has 0 unspecified atom stereocenters. The number of pyridine rings is 1. The lowest BCUT2D eigenvalue weighted by atomic mass is 10.3. The van der Waals surface area contributed by atoms with E-state index in [1.165, 1.54) is 0 Å². The van der Waals surface area contributed by atoms with E-state index in [0.29, 0.717) is 10.8 Å². The van der Waals surface area contributed by atoms with Crippen LogP contribution in [0.3, 0.4) is 0 Å². The van der Waals surface area contributed by atoms with Gasteiger partial charge in [-0.3, -0.25) is 4.90 Å². The molecule has 0 saturated carbocycles. The van der Waals surface area contributed by atoms with E-state index in [2.05, 4.69) is 23.7 Å². The van der Waals surface area contributed by atoms with Gasteiger partial charge in [0, 0.05) is 6.54 Å². The summed E-state index contributed by atoms with van der Waals surface area (Å²) in [5.41, 5.74) is 6.45. The highest BCUT2D eigenvalue weighted by Gasteiger charge is 2.06. The molecule has 0 amide bonds. The molecule has 1 heterocycles. The third kappa shape index (κ3) is 2.86. The molecule has 0 aliphatic heterocycles. The maximum atomic E-state index is 6.01. The van der Waals surface area contributed by atoms with Gasteiger partial charge in [0.05, 0.1) is 10.7 Å². The first kappa shape index (κ1) is 11.3. The van der Waals surface area contributed by atoms with Crippen LogP contribution in [0.25, 0.3) is 0 Å². The molecule has 1 rings (SSSR count). The predicted molar refractivity (Wildman–Crippen MR) is 60.3 cm³/mol. The van der Waals surface area contributed by atoms with Gasteiger partial charge in [-0.05, 0) is 25.2 Å². The average Bonchev–Trinajstić information content (AvgIpc) is 2.19. The van der Waals surface area contributed by atoms with Crippen molar-refractivity contribution in [2.24, 2.45) is 0 Å². The first-order valence-corrected chi connectivity index (χ1v) is 5.18. The molecule has 0 spiro atoms. The second-order valence-electron chi connectivity index (χ2n) is 3.13. The van der Waals surface area contributed by atoms with Crippen molar-refractivity contribution in [1.82, 2.24) is 9.88 Å². The van der Waals surface area contributed by atoms with Crippen LogP contribution >= 0.6 is 11.6 Å². The van der Waals surface area contributed by atoms with Crippen molar-refractivity contribution in [2.75, 3.05) is 18.8 Å². The molecule has 0 aliphatic carbocycles. The molecule has 0 aliphatic rings. The number of hydrogen-bond acceptors (Lipinski definition) is 3. The van der Waals surface area contributed by atoms with Crippen LogP contribution in [0.5, 0.6) is 0 Å². The maximum Gasteiger partial charge on any atom is 0.123 e. The number of aromatic nitrogens is 1. The van der Waals surface area contributed by atoms with Crippen molar-refractivity contribution >= 4 is 17.4 Å². The fraction of sp³-hybridized carbons (Fsp3) is 0.500. The Morgan fingerprint density at radius 3 is 2.57 bits per heavy atom. The van der Waals surface area contributed by atoms with Gasteiger partial charge in [-0.1, -0.05) is 25.4 Å². The highest BCUT2D eigenvalue weighted by Crippen LogP contribution is 2.16. The minimum absolute atomic E-state index is 0.525. The number of anilines is 1. The average molecular weight is 214 g/mol. The van der Waals surface area contributed by atoms with E-state index in [1.807, 2.05) is 0 Å². The Hall–Kier alpha value is -0.800. The summed E-state index contributed by atoms with van der Waals surface area (Å²) in [6.45, 7) is 6.97. The largest absolute Gasteiger partial charge is 0.384 e. The Morgan fingerprint density at radius 2 is 2.00 bits per heavy atom. The van der Waals surface area contributed by atoms with Crippen LogP contribution in [-0.2, 0) is 6.54 Å². The summed E-state index contributed by atoms with van der Waals surface area (Å²) in [6, 6.07) is 3.51. The van der Waals surface area contributed by atoms with Crippen LogP contribution in [0, 0.1) is 0 Å². The second-order valence-corrected chi connectivity index (χ2v) is 3.53.